The maximum atomic E-state index is 13.7. The number of ketones is 3. The Labute approximate surface area is 233 Å². The molecule has 1 heterocycles. The van der Waals surface area contributed by atoms with E-state index < -0.39 is 95.1 Å². The van der Waals surface area contributed by atoms with Gasteiger partial charge in [0.25, 0.3) is 0 Å². The van der Waals surface area contributed by atoms with Gasteiger partial charge in [-0.05, 0) is 19.9 Å². The van der Waals surface area contributed by atoms with Crippen LogP contribution in [0.2, 0.25) is 0 Å². The lowest BCUT2D eigenvalue weighted by molar-refractivity contribution is -0.248. The molecule has 218 valence electrons. The van der Waals surface area contributed by atoms with E-state index in [1.807, 2.05) is 0 Å². The summed E-state index contributed by atoms with van der Waals surface area (Å²) in [5.74, 6) is -3.42. The lowest BCUT2D eigenvalue weighted by atomic mass is 9.72. The number of ether oxygens (including phenoxy) is 3. The van der Waals surface area contributed by atoms with E-state index in [4.69, 9.17) is 19.9 Å². The number of phenolic OH excluding ortho intramolecular Hbond substituents is 2. The molecule has 0 saturated carbocycles. The van der Waals surface area contributed by atoms with Crippen LogP contribution in [0.15, 0.2) is 18.2 Å². The Morgan fingerprint density at radius 3 is 2.44 bits per heavy atom. The van der Waals surface area contributed by atoms with Gasteiger partial charge in [0.15, 0.2) is 17.9 Å². The number of rotatable bonds is 5. The molecular formula is C28H30N2O11. The number of nitrogens with two attached hydrogens (primary N) is 1. The van der Waals surface area contributed by atoms with Gasteiger partial charge in [-0.1, -0.05) is 12.1 Å². The number of aromatic hydroxyl groups is 2. The number of methoxy groups -OCH3 is 1. The van der Waals surface area contributed by atoms with Gasteiger partial charge in [-0.15, -0.1) is 0 Å². The Hall–Kier alpha value is -4.04. The van der Waals surface area contributed by atoms with Crippen LogP contribution in [0.4, 0.5) is 4.79 Å². The summed E-state index contributed by atoms with van der Waals surface area (Å²) in [7, 11) is 1.32. The number of primary amides is 1. The number of hydrogen-bond donors (Lipinski definition) is 6. The predicted octanol–water partition coefficient (Wildman–Crippen LogP) is 0.738. The van der Waals surface area contributed by atoms with Crippen LogP contribution in [0.5, 0.6) is 17.2 Å². The zero-order valence-electron chi connectivity index (χ0n) is 22.5. The van der Waals surface area contributed by atoms with Gasteiger partial charge < -0.3 is 45.7 Å². The van der Waals surface area contributed by atoms with Crippen molar-refractivity contribution in [2.24, 2.45) is 5.73 Å². The first kappa shape index (κ1) is 28.5. The zero-order chi connectivity index (χ0) is 30.0. The van der Waals surface area contributed by atoms with Crippen molar-refractivity contribution in [3.8, 4) is 17.2 Å². The molecule has 4 unspecified atom stereocenters. The van der Waals surface area contributed by atoms with E-state index in [2.05, 4.69) is 5.32 Å². The highest BCUT2D eigenvalue weighted by Crippen LogP contribution is 2.52. The molecule has 2 aromatic rings. The highest BCUT2D eigenvalue weighted by Gasteiger charge is 2.49. The maximum absolute atomic E-state index is 13.7. The van der Waals surface area contributed by atoms with Crippen molar-refractivity contribution < 1.29 is 53.8 Å². The minimum atomic E-state index is -2.07. The molecule has 7 N–H and O–H groups in total. The minimum Gasteiger partial charge on any atom is -0.507 e. The third-order valence-electron chi connectivity index (χ3n) is 8.08. The van der Waals surface area contributed by atoms with E-state index in [9.17, 15) is 39.6 Å². The van der Waals surface area contributed by atoms with Crippen LogP contribution in [-0.2, 0) is 20.7 Å². The van der Waals surface area contributed by atoms with Gasteiger partial charge in [-0.3, -0.25) is 14.4 Å². The second-order valence-corrected chi connectivity index (χ2v) is 10.6. The molecule has 0 radical (unpaired) electrons. The summed E-state index contributed by atoms with van der Waals surface area (Å²) in [5, 5.41) is 47.0. The zero-order valence-corrected chi connectivity index (χ0v) is 22.5. The molecule has 5 rings (SSSR count). The lowest BCUT2D eigenvalue weighted by Gasteiger charge is -2.42. The molecule has 2 amide bonds. The summed E-state index contributed by atoms with van der Waals surface area (Å²) < 4.78 is 17.1. The summed E-state index contributed by atoms with van der Waals surface area (Å²) in [6.45, 7) is 2.68. The number of benzene rings is 2. The lowest BCUT2D eigenvalue weighted by Crippen LogP contribution is -2.56. The molecule has 6 atom stereocenters. The Balaban J connectivity index is 1.64. The number of fused-ring (bicyclic) bond motifs is 3. The number of carbonyl (C=O) groups excluding carboxylic acids is 4. The third-order valence-corrected chi connectivity index (χ3v) is 8.08. The normalized spacial score (nSPS) is 28.8. The Morgan fingerprint density at radius 2 is 1.80 bits per heavy atom. The van der Waals surface area contributed by atoms with Crippen molar-refractivity contribution in [1.82, 2.24) is 5.32 Å². The van der Waals surface area contributed by atoms with E-state index in [1.54, 1.807) is 0 Å². The smallest absolute Gasteiger partial charge is 0.312 e. The summed E-state index contributed by atoms with van der Waals surface area (Å²) in [4.78, 5) is 51.3. The number of aliphatic hydroxyl groups excluding tert-OH is 1. The van der Waals surface area contributed by atoms with Crippen LogP contribution in [-0.4, -0.2) is 81.1 Å². The summed E-state index contributed by atoms with van der Waals surface area (Å²) >= 11 is 0. The Kier molecular flexibility index (Phi) is 7.02. The Morgan fingerprint density at radius 1 is 1.12 bits per heavy atom. The molecule has 2 aromatic carbocycles. The van der Waals surface area contributed by atoms with Gasteiger partial charge in [0, 0.05) is 36.0 Å². The molecule has 13 heteroatoms. The van der Waals surface area contributed by atoms with Gasteiger partial charge in [-0.25, -0.2) is 4.79 Å². The molecule has 1 aliphatic heterocycles. The van der Waals surface area contributed by atoms with Crippen LogP contribution in [0.25, 0.3) is 0 Å². The minimum absolute atomic E-state index is 0.0434. The number of nitrogens with one attached hydrogen (secondary N) is 1. The van der Waals surface area contributed by atoms with Crippen molar-refractivity contribution in [2.75, 3.05) is 7.11 Å². The molecule has 1 saturated heterocycles. The van der Waals surface area contributed by atoms with Crippen LogP contribution < -0.4 is 15.8 Å². The maximum Gasteiger partial charge on any atom is 0.312 e. The SMILES string of the molecule is COc1cccc2c1C(=O)c1c(O)c3c(c(O)c1C2=O)C[C@@](O)(C(C)=O)C[C@@H]3OC1CC(NC(N)=O)C(O)C(C)O1. The first-order valence-electron chi connectivity index (χ1n) is 12.9. The number of hydrogen-bond acceptors (Lipinski definition) is 11. The average molecular weight is 571 g/mol. The highest BCUT2D eigenvalue weighted by molar-refractivity contribution is 6.31. The first-order chi connectivity index (χ1) is 19.3. The molecule has 1 fully saturated rings. The summed E-state index contributed by atoms with van der Waals surface area (Å²) in [6, 6.07) is 2.62. The van der Waals surface area contributed by atoms with Crippen LogP contribution in [0.1, 0.15) is 75.8 Å². The fourth-order valence-corrected chi connectivity index (χ4v) is 5.95. The van der Waals surface area contributed by atoms with E-state index in [0.29, 0.717) is 0 Å². The van der Waals surface area contributed by atoms with Gasteiger partial charge in [0.05, 0.1) is 42.0 Å². The van der Waals surface area contributed by atoms with E-state index in [-0.39, 0.29) is 34.4 Å². The number of amides is 2. The molecule has 13 nitrogen and oxygen atoms in total. The van der Waals surface area contributed by atoms with Crippen molar-refractivity contribution in [3.63, 3.8) is 0 Å². The third kappa shape index (κ3) is 4.50. The molecule has 2 aliphatic carbocycles. The van der Waals surface area contributed by atoms with Crippen molar-refractivity contribution in [3.05, 3.63) is 51.6 Å². The van der Waals surface area contributed by atoms with Crippen LogP contribution >= 0.6 is 0 Å². The fraction of sp³-hybridized carbons (Fsp3) is 0.429. The number of aliphatic hydroxyl groups is 2. The fourth-order valence-electron chi connectivity index (χ4n) is 5.95. The van der Waals surface area contributed by atoms with Crippen molar-refractivity contribution in [1.29, 1.82) is 0 Å². The number of carbonyl (C=O) groups is 4. The Bertz CT molecular complexity index is 1490. The van der Waals surface area contributed by atoms with E-state index in [0.717, 1.165) is 6.92 Å². The standard InChI is InChI=1S/C28H30N2O11/c1-10-22(32)14(30-27(29)37)7-17(40-10)41-16-9-28(38,11(2)31)8-13-19(16)26(36)21-20(24(13)34)23(33)12-5-4-6-15(39-3)18(12)25(21)35/h4-6,10,14,16-17,22,32,34,36,38H,7-9H2,1-3H3,(H3,29,30,37)/t10?,14?,16-,17?,22?,28-/m0/s1. The van der Waals surface area contributed by atoms with E-state index >= 15 is 0 Å². The highest BCUT2D eigenvalue weighted by atomic mass is 16.7. The molecule has 41 heavy (non-hydrogen) atoms. The van der Waals surface area contributed by atoms with Crippen molar-refractivity contribution in [2.45, 2.75) is 69.4 Å². The van der Waals surface area contributed by atoms with Gasteiger partial charge >= 0.3 is 6.03 Å². The van der Waals surface area contributed by atoms with Gasteiger partial charge in [-0.2, -0.15) is 0 Å². The molecular weight excluding hydrogens is 540 g/mol. The monoisotopic (exact) mass is 570 g/mol. The second kappa shape index (κ2) is 10.1. The predicted molar refractivity (Wildman–Crippen MR) is 139 cm³/mol. The van der Waals surface area contributed by atoms with E-state index in [1.165, 1.54) is 32.2 Å². The average Bonchev–Trinajstić information content (AvgIpc) is 2.91. The molecule has 0 bridgehead atoms. The van der Waals surface area contributed by atoms with Gasteiger partial charge in [0.1, 0.15) is 29.0 Å². The number of phenols is 2. The van der Waals surface area contributed by atoms with Crippen LogP contribution in [0, 0.1) is 0 Å². The number of Topliss-reactive ketones (excluding diaryl/α,β-unsaturated/α-hetero) is 1. The number of urea groups is 1. The molecule has 0 aromatic heterocycles. The van der Waals surface area contributed by atoms with Gasteiger partial charge in [0.2, 0.25) is 5.78 Å². The van der Waals surface area contributed by atoms with Crippen molar-refractivity contribution >= 4 is 23.4 Å². The molecule has 3 aliphatic rings. The largest absolute Gasteiger partial charge is 0.507 e. The topological polar surface area (TPSA) is 215 Å². The second-order valence-electron chi connectivity index (χ2n) is 10.6. The quantitative estimate of drug-likeness (QED) is 0.235. The molecule has 0 spiro atoms. The first-order valence-corrected chi connectivity index (χ1v) is 12.9. The summed E-state index contributed by atoms with van der Waals surface area (Å²) in [6.07, 6.45) is -5.40. The summed E-state index contributed by atoms with van der Waals surface area (Å²) in [5.41, 5.74) is 1.86. The van der Waals surface area contributed by atoms with Crippen LogP contribution in [0.3, 0.4) is 0 Å².